The van der Waals surface area contributed by atoms with Crippen molar-refractivity contribution in [3.8, 4) is 5.82 Å². The monoisotopic (exact) mass is 245 g/mol. The molecule has 0 amide bonds. The number of aryl methyl sites for hydroxylation is 1. The lowest BCUT2D eigenvalue weighted by Gasteiger charge is -2.02. The van der Waals surface area contributed by atoms with Crippen LogP contribution in [0.4, 0.5) is 5.69 Å². The quantitative estimate of drug-likeness (QED) is 0.617. The molecule has 0 radical (unpaired) electrons. The maximum Gasteiger partial charge on any atom is 0.364 e. The first-order chi connectivity index (χ1) is 8.58. The molecule has 3 N–H and O–H groups in total. The van der Waals surface area contributed by atoms with Gasteiger partial charge in [-0.3, -0.25) is 0 Å². The molecule has 0 fully saturated rings. The second kappa shape index (κ2) is 3.42. The Kier molecular flexibility index (Phi) is 2.00. The zero-order chi connectivity index (χ0) is 12.9. The van der Waals surface area contributed by atoms with E-state index in [1.54, 1.807) is 16.8 Å². The molecule has 0 aliphatic heterocycles. The van der Waals surface area contributed by atoms with E-state index < -0.39 is 0 Å². The summed E-state index contributed by atoms with van der Waals surface area (Å²) in [5.74, 6) is 0.517. The number of hydrogen-bond acceptors (Lipinski definition) is 5. The van der Waals surface area contributed by atoms with Crippen LogP contribution in [0.3, 0.4) is 0 Å². The summed E-state index contributed by atoms with van der Waals surface area (Å²) in [7, 11) is 0. The van der Waals surface area contributed by atoms with Crippen LogP contribution in [-0.4, -0.2) is 29.6 Å². The van der Waals surface area contributed by atoms with Crippen LogP contribution >= 0.6 is 0 Å². The molecule has 0 bridgehead atoms. The molecule has 0 aromatic carbocycles. The second-order valence-electron chi connectivity index (χ2n) is 3.99. The van der Waals surface area contributed by atoms with Crippen molar-refractivity contribution in [3.63, 3.8) is 0 Å². The molecular formula is C10H11N7O. The lowest BCUT2D eigenvalue weighted by atomic mass is 10.3. The first kappa shape index (κ1) is 10.5. The van der Waals surface area contributed by atoms with Gasteiger partial charge in [-0.2, -0.15) is 14.7 Å². The highest BCUT2D eigenvalue weighted by molar-refractivity contribution is 5.50. The Labute approximate surface area is 101 Å². The summed E-state index contributed by atoms with van der Waals surface area (Å²) in [5.41, 5.74) is 8.07. The maximum atomic E-state index is 11.4. The minimum Gasteiger partial charge on any atom is -0.396 e. The third-order valence-electron chi connectivity index (χ3n) is 2.82. The molecule has 3 aromatic heterocycles. The molecular weight excluding hydrogens is 234 g/mol. The Morgan fingerprint density at radius 3 is 2.72 bits per heavy atom. The van der Waals surface area contributed by atoms with Gasteiger partial charge in [0.1, 0.15) is 0 Å². The van der Waals surface area contributed by atoms with Crippen LogP contribution in [0, 0.1) is 13.8 Å². The van der Waals surface area contributed by atoms with Crippen LogP contribution in [0.25, 0.3) is 11.5 Å². The van der Waals surface area contributed by atoms with Gasteiger partial charge in [0, 0.05) is 0 Å². The van der Waals surface area contributed by atoms with E-state index in [9.17, 15) is 4.79 Å². The normalized spacial score (nSPS) is 11.2. The van der Waals surface area contributed by atoms with Crippen molar-refractivity contribution < 1.29 is 0 Å². The number of nitrogens with one attached hydrogen (secondary N) is 1. The molecule has 0 aliphatic carbocycles. The number of hydrogen-bond donors (Lipinski definition) is 2. The largest absolute Gasteiger partial charge is 0.396 e. The van der Waals surface area contributed by atoms with E-state index in [0.717, 1.165) is 11.4 Å². The number of nitrogens with zero attached hydrogens (tertiary/aromatic N) is 5. The average Bonchev–Trinajstić information content (AvgIpc) is 2.86. The summed E-state index contributed by atoms with van der Waals surface area (Å²) in [6.07, 6.45) is 0. The van der Waals surface area contributed by atoms with Gasteiger partial charge in [0.15, 0.2) is 11.5 Å². The number of nitrogen functional groups attached to an aromatic ring is 1. The highest BCUT2D eigenvalue weighted by Crippen LogP contribution is 2.17. The molecule has 0 saturated heterocycles. The van der Waals surface area contributed by atoms with E-state index in [1.807, 2.05) is 13.8 Å². The summed E-state index contributed by atoms with van der Waals surface area (Å²) < 4.78 is 2.78. The Bertz CT molecular complexity index is 794. The highest BCUT2D eigenvalue weighted by atomic mass is 16.2. The predicted molar refractivity (Wildman–Crippen MR) is 64.6 cm³/mol. The number of aromatic amines is 1. The van der Waals surface area contributed by atoms with Gasteiger partial charge in [0.05, 0.1) is 17.1 Å². The number of H-pyrrole nitrogens is 1. The molecule has 3 rings (SSSR count). The van der Waals surface area contributed by atoms with Gasteiger partial charge in [0.25, 0.3) is 0 Å². The molecule has 92 valence electrons. The fourth-order valence-electron chi connectivity index (χ4n) is 1.78. The van der Waals surface area contributed by atoms with Crippen LogP contribution in [0.15, 0.2) is 16.9 Å². The van der Waals surface area contributed by atoms with Gasteiger partial charge >= 0.3 is 5.69 Å². The van der Waals surface area contributed by atoms with Crippen molar-refractivity contribution in [1.82, 2.24) is 29.6 Å². The SMILES string of the molecule is Cc1nn(-c2ccc3n[nH]c(=O)n3n2)c(C)c1N. The van der Waals surface area contributed by atoms with Crippen LogP contribution in [-0.2, 0) is 0 Å². The number of rotatable bonds is 1. The smallest absolute Gasteiger partial charge is 0.364 e. The number of aromatic nitrogens is 6. The van der Waals surface area contributed by atoms with Gasteiger partial charge in [-0.25, -0.2) is 14.6 Å². The van der Waals surface area contributed by atoms with Crippen LogP contribution in [0.1, 0.15) is 11.4 Å². The first-order valence-corrected chi connectivity index (χ1v) is 5.34. The van der Waals surface area contributed by atoms with E-state index in [1.165, 1.54) is 4.52 Å². The second-order valence-corrected chi connectivity index (χ2v) is 3.99. The van der Waals surface area contributed by atoms with Crippen molar-refractivity contribution >= 4 is 11.3 Å². The standard InChI is InChI=1S/C10H11N7O/c1-5-9(11)6(2)16(14-5)8-4-3-7-12-13-10(18)17(7)15-8/h3-4H,11H2,1-2H3,(H,13,18). The van der Waals surface area contributed by atoms with Gasteiger partial charge in [-0.05, 0) is 26.0 Å². The molecule has 0 unspecified atom stereocenters. The molecule has 8 heteroatoms. The summed E-state index contributed by atoms with van der Waals surface area (Å²) in [6.45, 7) is 3.67. The molecule has 0 atom stereocenters. The number of fused-ring (bicyclic) bond motifs is 1. The summed E-state index contributed by atoms with van der Waals surface area (Å²) >= 11 is 0. The van der Waals surface area contributed by atoms with Crippen molar-refractivity contribution in [2.24, 2.45) is 0 Å². The zero-order valence-electron chi connectivity index (χ0n) is 9.88. The van der Waals surface area contributed by atoms with E-state index >= 15 is 0 Å². The molecule has 8 nitrogen and oxygen atoms in total. The predicted octanol–water partition coefficient (Wildman–Crippen LogP) is -0.198. The van der Waals surface area contributed by atoms with Crippen LogP contribution < -0.4 is 11.4 Å². The number of nitrogens with two attached hydrogens (primary N) is 1. The summed E-state index contributed by atoms with van der Waals surface area (Å²) in [5, 5.41) is 14.6. The van der Waals surface area contributed by atoms with Gasteiger partial charge < -0.3 is 5.73 Å². The molecule has 0 spiro atoms. The van der Waals surface area contributed by atoms with Crippen LogP contribution in [0.2, 0.25) is 0 Å². The first-order valence-electron chi connectivity index (χ1n) is 5.34. The fraction of sp³-hybridized carbons (Fsp3) is 0.200. The Balaban J connectivity index is 2.28. The van der Waals surface area contributed by atoms with Crippen LogP contribution in [0.5, 0.6) is 0 Å². The Morgan fingerprint density at radius 2 is 2.06 bits per heavy atom. The maximum absolute atomic E-state index is 11.4. The summed E-state index contributed by atoms with van der Waals surface area (Å²) in [4.78, 5) is 11.4. The topological polar surface area (TPSA) is 107 Å². The lowest BCUT2D eigenvalue weighted by Crippen LogP contribution is -2.15. The molecule has 0 saturated carbocycles. The van der Waals surface area contributed by atoms with E-state index in [0.29, 0.717) is 17.2 Å². The van der Waals surface area contributed by atoms with E-state index in [4.69, 9.17) is 5.73 Å². The van der Waals surface area contributed by atoms with Crippen molar-refractivity contribution in [3.05, 3.63) is 34.0 Å². The van der Waals surface area contributed by atoms with Crippen molar-refractivity contribution in [2.75, 3.05) is 5.73 Å². The van der Waals surface area contributed by atoms with Crippen molar-refractivity contribution in [1.29, 1.82) is 0 Å². The zero-order valence-corrected chi connectivity index (χ0v) is 9.88. The molecule has 3 aromatic rings. The van der Waals surface area contributed by atoms with Gasteiger partial charge in [0.2, 0.25) is 0 Å². The van der Waals surface area contributed by atoms with E-state index in [2.05, 4.69) is 20.4 Å². The Morgan fingerprint density at radius 1 is 1.28 bits per heavy atom. The molecule has 0 aliphatic rings. The number of anilines is 1. The van der Waals surface area contributed by atoms with Gasteiger partial charge in [-0.1, -0.05) is 0 Å². The average molecular weight is 245 g/mol. The van der Waals surface area contributed by atoms with E-state index in [-0.39, 0.29) is 5.69 Å². The minimum atomic E-state index is -0.388. The third kappa shape index (κ3) is 1.32. The summed E-state index contributed by atoms with van der Waals surface area (Å²) in [6, 6.07) is 3.42. The third-order valence-corrected chi connectivity index (χ3v) is 2.82. The van der Waals surface area contributed by atoms with Gasteiger partial charge in [-0.15, -0.1) is 5.10 Å². The fourth-order valence-corrected chi connectivity index (χ4v) is 1.78. The highest BCUT2D eigenvalue weighted by Gasteiger charge is 2.12. The lowest BCUT2D eigenvalue weighted by molar-refractivity contribution is 0.756. The molecule has 18 heavy (non-hydrogen) atoms. The Hall–Kier alpha value is -2.64. The van der Waals surface area contributed by atoms with Crippen molar-refractivity contribution in [2.45, 2.75) is 13.8 Å². The molecule has 3 heterocycles. The minimum absolute atomic E-state index is 0.388.